The molecular weight excluding hydrogens is 250 g/mol. The molecule has 0 amide bonds. The lowest BCUT2D eigenvalue weighted by Gasteiger charge is -2.54. The molecule has 0 aliphatic carbocycles. The summed E-state index contributed by atoms with van der Waals surface area (Å²) in [6.45, 7) is 13.1. The largest absolute Gasteiger partial charge is 0.376 e. The number of likely N-dealkylation sites (tertiary alicyclic amines) is 1. The maximum atomic E-state index is 6.25. The maximum absolute atomic E-state index is 6.25. The van der Waals surface area contributed by atoms with Crippen LogP contribution in [0.4, 0.5) is 0 Å². The van der Waals surface area contributed by atoms with E-state index in [1.54, 1.807) is 0 Å². The second-order valence-electron chi connectivity index (χ2n) is 6.63. The summed E-state index contributed by atoms with van der Waals surface area (Å²) in [5.74, 6) is 0. The standard InChI is InChI=1S/C16H33N3O/c1-4-8-18-9-6-16(13-17,7-10-18)19-11-14(3)20-12-15(19)5-2/h14-15H,4-13,17H2,1-3H3. The van der Waals surface area contributed by atoms with Crippen molar-refractivity contribution in [2.75, 3.05) is 39.3 Å². The Bertz CT molecular complexity index is 289. The average molecular weight is 283 g/mol. The zero-order chi connectivity index (χ0) is 14.6. The van der Waals surface area contributed by atoms with E-state index in [1.165, 1.54) is 38.9 Å². The minimum atomic E-state index is 0.211. The van der Waals surface area contributed by atoms with Gasteiger partial charge in [-0.1, -0.05) is 13.8 Å². The Morgan fingerprint density at radius 3 is 2.50 bits per heavy atom. The lowest BCUT2D eigenvalue weighted by atomic mass is 9.83. The van der Waals surface area contributed by atoms with Crippen LogP contribution >= 0.6 is 0 Å². The Balaban J connectivity index is 2.06. The van der Waals surface area contributed by atoms with Crippen molar-refractivity contribution in [2.24, 2.45) is 5.73 Å². The van der Waals surface area contributed by atoms with E-state index in [0.29, 0.717) is 12.1 Å². The number of hydrogen-bond acceptors (Lipinski definition) is 4. The van der Waals surface area contributed by atoms with Gasteiger partial charge in [-0.2, -0.15) is 0 Å². The maximum Gasteiger partial charge on any atom is 0.0675 e. The minimum Gasteiger partial charge on any atom is -0.376 e. The van der Waals surface area contributed by atoms with Crippen molar-refractivity contribution in [3.8, 4) is 0 Å². The van der Waals surface area contributed by atoms with Crippen molar-refractivity contribution < 1.29 is 4.74 Å². The number of nitrogens with two attached hydrogens (primary N) is 1. The highest BCUT2D eigenvalue weighted by Gasteiger charge is 2.43. The number of nitrogens with zero attached hydrogens (tertiary/aromatic N) is 2. The van der Waals surface area contributed by atoms with Gasteiger partial charge in [-0.3, -0.25) is 4.90 Å². The molecule has 2 N–H and O–H groups in total. The molecule has 4 nitrogen and oxygen atoms in total. The molecule has 0 bridgehead atoms. The molecule has 0 spiro atoms. The van der Waals surface area contributed by atoms with Crippen LogP contribution in [0.25, 0.3) is 0 Å². The van der Waals surface area contributed by atoms with Crippen LogP contribution in [0.15, 0.2) is 0 Å². The van der Waals surface area contributed by atoms with E-state index in [0.717, 1.165) is 26.1 Å². The fourth-order valence-corrected chi connectivity index (χ4v) is 3.88. The first-order chi connectivity index (χ1) is 9.65. The molecule has 0 aromatic carbocycles. The van der Waals surface area contributed by atoms with Crippen LogP contribution in [0.1, 0.15) is 46.5 Å². The number of morpholine rings is 1. The quantitative estimate of drug-likeness (QED) is 0.834. The molecule has 20 heavy (non-hydrogen) atoms. The van der Waals surface area contributed by atoms with Gasteiger partial charge in [0, 0.05) is 24.7 Å². The Kier molecular flexibility index (Phi) is 5.84. The molecular formula is C16H33N3O. The van der Waals surface area contributed by atoms with Crippen LogP contribution in [0.2, 0.25) is 0 Å². The summed E-state index contributed by atoms with van der Waals surface area (Å²) in [7, 11) is 0. The molecule has 0 saturated carbocycles. The highest BCUT2D eigenvalue weighted by Crippen LogP contribution is 2.33. The zero-order valence-corrected chi connectivity index (χ0v) is 13.6. The molecule has 2 saturated heterocycles. The lowest BCUT2D eigenvalue weighted by Crippen LogP contribution is -2.66. The summed E-state index contributed by atoms with van der Waals surface area (Å²) in [5.41, 5.74) is 6.46. The first kappa shape index (κ1) is 16.2. The van der Waals surface area contributed by atoms with Crippen molar-refractivity contribution in [3.63, 3.8) is 0 Å². The summed E-state index contributed by atoms with van der Waals surface area (Å²) in [6, 6.07) is 0.549. The fraction of sp³-hybridized carbons (Fsp3) is 1.00. The SMILES string of the molecule is CCCN1CCC(CN)(N2CC(C)OCC2CC)CC1. The third kappa shape index (κ3) is 3.35. The number of rotatable bonds is 5. The summed E-state index contributed by atoms with van der Waals surface area (Å²) in [4.78, 5) is 5.29. The van der Waals surface area contributed by atoms with E-state index in [2.05, 4.69) is 30.6 Å². The first-order valence-electron chi connectivity index (χ1n) is 8.46. The zero-order valence-electron chi connectivity index (χ0n) is 13.6. The van der Waals surface area contributed by atoms with Gasteiger partial charge in [0.2, 0.25) is 0 Å². The van der Waals surface area contributed by atoms with Crippen molar-refractivity contribution in [3.05, 3.63) is 0 Å². The van der Waals surface area contributed by atoms with E-state index >= 15 is 0 Å². The molecule has 0 aromatic rings. The lowest BCUT2D eigenvalue weighted by molar-refractivity contribution is -0.112. The van der Waals surface area contributed by atoms with Gasteiger partial charge in [-0.25, -0.2) is 0 Å². The smallest absolute Gasteiger partial charge is 0.0675 e. The highest BCUT2D eigenvalue weighted by atomic mass is 16.5. The van der Waals surface area contributed by atoms with Gasteiger partial charge in [-0.05, 0) is 52.2 Å². The predicted octanol–water partition coefficient (Wildman–Crippen LogP) is 1.69. The van der Waals surface area contributed by atoms with E-state index in [9.17, 15) is 0 Å². The van der Waals surface area contributed by atoms with Gasteiger partial charge in [0.15, 0.2) is 0 Å². The van der Waals surface area contributed by atoms with Crippen LogP contribution in [0, 0.1) is 0 Å². The molecule has 2 unspecified atom stereocenters. The fourth-order valence-electron chi connectivity index (χ4n) is 3.88. The topological polar surface area (TPSA) is 41.7 Å². The van der Waals surface area contributed by atoms with Gasteiger partial charge in [0.1, 0.15) is 0 Å². The molecule has 2 fully saturated rings. The van der Waals surface area contributed by atoms with Gasteiger partial charge in [0.25, 0.3) is 0 Å². The molecule has 4 heteroatoms. The van der Waals surface area contributed by atoms with Gasteiger partial charge < -0.3 is 15.4 Å². The Morgan fingerprint density at radius 2 is 1.95 bits per heavy atom. The minimum absolute atomic E-state index is 0.211. The van der Waals surface area contributed by atoms with Crippen molar-refractivity contribution in [1.29, 1.82) is 0 Å². The Morgan fingerprint density at radius 1 is 1.25 bits per heavy atom. The van der Waals surface area contributed by atoms with Crippen molar-refractivity contribution in [2.45, 2.75) is 64.1 Å². The number of hydrogen-bond donors (Lipinski definition) is 1. The third-order valence-electron chi connectivity index (χ3n) is 5.25. The normalized spacial score (nSPS) is 32.4. The van der Waals surface area contributed by atoms with Gasteiger partial charge >= 0.3 is 0 Å². The monoisotopic (exact) mass is 283 g/mol. The predicted molar refractivity (Wildman–Crippen MR) is 83.9 cm³/mol. The Hall–Kier alpha value is -0.160. The molecule has 2 aliphatic rings. The average Bonchev–Trinajstić information content (AvgIpc) is 2.48. The second-order valence-corrected chi connectivity index (χ2v) is 6.63. The van der Waals surface area contributed by atoms with E-state index in [4.69, 9.17) is 10.5 Å². The summed E-state index contributed by atoms with van der Waals surface area (Å²) < 4.78 is 5.86. The second kappa shape index (κ2) is 7.21. The van der Waals surface area contributed by atoms with E-state index in [-0.39, 0.29) is 5.54 Å². The molecule has 2 atom stereocenters. The van der Waals surface area contributed by atoms with Crippen LogP contribution in [0.5, 0.6) is 0 Å². The summed E-state index contributed by atoms with van der Waals surface area (Å²) in [6.07, 6.45) is 5.18. The summed E-state index contributed by atoms with van der Waals surface area (Å²) >= 11 is 0. The van der Waals surface area contributed by atoms with Crippen LogP contribution in [-0.4, -0.2) is 66.8 Å². The van der Waals surface area contributed by atoms with Gasteiger partial charge in [-0.15, -0.1) is 0 Å². The third-order valence-corrected chi connectivity index (χ3v) is 5.25. The number of ether oxygens (including phenoxy) is 1. The Labute approximate surface area is 124 Å². The van der Waals surface area contributed by atoms with Crippen LogP contribution < -0.4 is 5.73 Å². The molecule has 0 radical (unpaired) electrons. The molecule has 2 rings (SSSR count). The van der Waals surface area contributed by atoms with Gasteiger partial charge in [0.05, 0.1) is 12.7 Å². The van der Waals surface area contributed by atoms with E-state index < -0.39 is 0 Å². The van der Waals surface area contributed by atoms with E-state index in [1.807, 2.05) is 0 Å². The molecule has 2 heterocycles. The summed E-state index contributed by atoms with van der Waals surface area (Å²) in [5, 5.41) is 0. The first-order valence-corrected chi connectivity index (χ1v) is 8.46. The molecule has 2 aliphatic heterocycles. The van der Waals surface area contributed by atoms with Crippen molar-refractivity contribution in [1.82, 2.24) is 9.80 Å². The van der Waals surface area contributed by atoms with Crippen LogP contribution in [0.3, 0.4) is 0 Å². The highest BCUT2D eigenvalue weighted by molar-refractivity contribution is 5.00. The van der Waals surface area contributed by atoms with Crippen molar-refractivity contribution >= 4 is 0 Å². The van der Waals surface area contributed by atoms with Crippen LogP contribution in [-0.2, 0) is 4.74 Å². The molecule has 0 aromatic heterocycles. The number of piperidine rings is 1. The molecule has 118 valence electrons.